The molecule has 136 valence electrons. The Kier molecular flexibility index (Phi) is 11.1. The Morgan fingerprint density at radius 3 is 2.62 bits per heavy atom. The van der Waals surface area contributed by atoms with Gasteiger partial charge in [-0.05, 0) is 43.6 Å². The quantitative estimate of drug-likeness (QED) is 0.302. The minimum absolute atomic E-state index is 0. The summed E-state index contributed by atoms with van der Waals surface area (Å²) in [5, 5.41) is 3.48. The van der Waals surface area contributed by atoms with Gasteiger partial charge >= 0.3 is 0 Å². The molecular weight excluding hydrogens is 413 g/mol. The third-order valence-electron chi connectivity index (χ3n) is 4.56. The zero-order valence-electron chi connectivity index (χ0n) is 15.0. The van der Waals surface area contributed by atoms with Gasteiger partial charge in [-0.3, -0.25) is 4.99 Å². The predicted molar refractivity (Wildman–Crippen MR) is 112 cm³/mol. The van der Waals surface area contributed by atoms with Crippen LogP contribution in [-0.4, -0.2) is 51.3 Å². The molecule has 1 aliphatic rings. The van der Waals surface area contributed by atoms with Crippen molar-refractivity contribution in [2.45, 2.75) is 32.1 Å². The lowest BCUT2D eigenvalue weighted by atomic mass is 9.96. The molecule has 0 bridgehead atoms. The predicted octanol–water partition coefficient (Wildman–Crippen LogP) is 3.56. The van der Waals surface area contributed by atoms with Crippen LogP contribution in [0.15, 0.2) is 35.3 Å². The molecule has 0 aromatic heterocycles. The summed E-state index contributed by atoms with van der Waals surface area (Å²) in [4.78, 5) is 6.65. The number of nitrogens with zero attached hydrogens (tertiary/aromatic N) is 2. The summed E-state index contributed by atoms with van der Waals surface area (Å²) in [6, 6.07) is 10.7. The van der Waals surface area contributed by atoms with E-state index in [1.54, 1.807) is 0 Å². The van der Waals surface area contributed by atoms with Gasteiger partial charge in [0, 0.05) is 40.4 Å². The van der Waals surface area contributed by atoms with Gasteiger partial charge in [-0.1, -0.05) is 30.3 Å². The van der Waals surface area contributed by atoms with Crippen molar-refractivity contribution in [3.8, 4) is 0 Å². The van der Waals surface area contributed by atoms with Crippen LogP contribution in [0.5, 0.6) is 0 Å². The normalized spacial score (nSPS) is 15.7. The number of aliphatic imine (C=N–C) groups is 1. The molecular formula is C19H32IN3O. The van der Waals surface area contributed by atoms with E-state index in [-0.39, 0.29) is 24.0 Å². The van der Waals surface area contributed by atoms with E-state index in [0.29, 0.717) is 0 Å². The van der Waals surface area contributed by atoms with Crippen molar-refractivity contribution in [2.75, 3.05) is 40.4 Å². The fourth-order valence-electron chi connectivity index (χ4n) is 3.04. The van der Waals surface area contributed by atoms with E-state index in [2.05, 4.69) is 52.6 Å². The van der Waals surface area contributed by atoms with Crippen LogP contribution < -0.4 is 5.32 Å². The topological polar surface area (TPSA) is 36.9 Å². The second-order valence-electron chi connectivity index (χ2n) is 6.33. The number of ether oxygens (including phenoxy) is 1. The van der Waals surface area contributed by atoms with Crippen LogP contribution in [0, 0.1) is 5.92 Å². The highest BCUT2D eigenvalue weighted by Gasteiger charge is 2.15. The van der Waals surface area contributed by atoms with Crippen molar-refractivity contribution in [2.24, 2.45) is 10.9 Å². The molecule has 0 amide bonds. The molecule has 1 fully saturated rings. The van der Waals surface area contributed by atoms with Crippen LogP contribution in [-0.2, 0) is 11.2 Å². The number of rotatable bonds is 7. The maximum absolute atomic E-state index is 5.43. The molecule has 4 nitrogen and oxygen atoms in total. The zero-order valence-corrected chi connectivity index (χ0v) is 17.4. The SMILES string of the molecule is CN=C(NCCCc1ccccc1)N(C)CCC1CCOCC1.I. The van der Waals surface area contributed by atoms with E-state index in [1.165, 1.54) is 24.8 Å². The van der Waals surface area contributed by atoms with Gasteiger partial charge in [-0.2, -0.15) is 0 Å². The second kappa shape index (κ2) is 12.5. The largest absolute Gasteiger partial charge is 0.381 e. The van der Waals surface area contributed by atoms with Gasteiger partial charge < -0.3 is 15.0 Å². The molecule has 0 spiro atoms. The average Bonchev–Trinajstić information content (AvgIpc) is 2.61. The molecule has 1 heterocycles. The van der Waals surface area contributed by atoms with Crippen molar-refractivity contribution in [1.82, 2.24) is 10.2 Å². The molecule has 0 atom stereocenters. The fourth-order valence-corrected chi connectivity index (χ4v) is 3.04. The van der Waals surface area contributed by atoms with Crippen molar-refractivity contribution < 1.29 is 4.74 Å². The molecule has 24 heavy (non-hydrogen) atoms. The first-order chi connectivity index (χ1) is 11.3. The number of nitrogens with one attached hydrogen (secondary N) is 1. The molecule has 0 unspecified atom stereocenters. The van der Waals surface area contributed by atoms with Gasteiger partial charge in [0.15, 0.2) is 5.96 Å². The Morgan fingerprint density at radius 1 is 1.25 bits per heavy atom. The number of benzene rings is 1. The monoisotopic (exact) mass is 445 g/mol. The summed E-state index contributed by atoms with van der Waals surface area (Å²) < 4.78 is 5.43. The van der Waals surface area contributed by atoms with E-state index >= 15 is 0 Å². The Labute approximate surface area is 164 Å². The van der Waals surface area contributed by atoms with Crippen molar-refractivity contribution in [3.63, 3.8) is 0 Å². The minimum Gasteiger partial charge on any atom is -0.381 e. The molecule has 0 aliphatic carbocycles. The Morgan fingerprint density at radius 2 is 1.96 bits per heavy atom. The van der Waals surface area contributed by atoms with Crippen LogP contribution in [0.2, 0.25) is 0 Å². The van der Waals surface area contributed by atoms with Crippen molar-refractivity contribution in [1.29, 1.82) is 0 Å². The summed E-state index contributed by atoms with van der Waals surface area (Å²) in [6.07, 6.45) is 5.87. The molecule has 1 aliphatic heterocycles. The van der Waals surface area contributed by atoms with Crippen LogP contribution in [0.3, 0.4) is 0 Å². The van der Waals surface area contributed by atoms with Gasteiger partial charge in [0.2, 0.25) is 0 Å². The zero-order chi connectivity index (χ0) is 16.3. The molecule has 1 aromatic rings. The van der Waals surface area contributed by atoms with Crippen LogP contribution >= 0.6 is 24.0 Å². The second-order valence-corrected chi connectivity index (χ2v) is 6.33. The maximum Gasteiger partial charge on any atom is 0.193 e. The van der Waals surface area contributed by atoms with E-state index in [1.807, 2.05) is 7.05 Å². The first-order valence-electron chi connectivity index (χ1n) is 8.83. The molecule has 1 aromatic carbocycles. The van der Waals surface area contributed by atoms with E-state index < -0.39 is 0 Å². The van der Waals surface area contributed by atoms with Gasteiger partial charge in [-0.25, -0.2) is 0 Å². The summed E-state index contributed by atoms with van der Waals surface area (Å²) in [5.74, 6) is 1.81. The van der Waals surface area contributed by atoms with Gasteiger partial charge in [0.1, 0.15) is 0 Å². The summed E-state index contributed by atoms with van der Waals surface area (Å²) in [6.45, 7) is 3.88. The average molecular weight is 445 g/mol. The Hall–Kier alpha value is -0.820. The summed E-state index contributed by atoms with van der Waals surface area (Å²) in [5.41, 5.74) is 1.40. The highest BCUT2D eigenvalue weighted by atomic mass is 127. The highest BCUT2D eigenvalue weighted by molar-refractivity contribution is 14.0. The van der Waals surface area contributed by atoms with Gasteiger partial charge in [0.25, 0.3) is 0 Å². The first-order valence-corrected chi connectivity index (χ1v) is 8.83. The maximum atomic E-state index is 5.43. The minimum atomic E-state index is 0. The van der Waals surface area contributed by atoms with E-state index in [9.17, 15) is 0 Å². The molecule has 0 radical (unpaired) electrons. The molecule has 0 saturated carbocycles. The standard InChI is InChI=1S/C19H31N3O.HI/c1-20-19(21-13-6-9-17-7-4-3-5-8-17)22(2)14-10-18-11-15-23-16-12-18;/h3-5,7-8,18H,6,9-16H2,1-2H3,(H,20,21);1H. The lowest BCUT2D eigenvalue weighted by molar-refractivity contribution is 0.0625. The number of guanidine groups is 1. The Bertz CT molecular complexity index is 461. The van der Waals surface area contributed by atoms with Crippen LogP contribution in [0.4, 0.5) is 0 Å². The molecule has 5 heteroatoms. The van der Waals surface area contributed by atoms with Crippen molar-refractivity contribution in [3.05, 3.63) is 35.9 Å². The number of hydrogen-bond acceptors (Lipinski definition) is 2. The first kappa shape index (κ1) is 21.2. The van der Waals surface area contributed by atoms with E-state index in [0.717, 1.165) is 51.0 Å². The van der Waals surface area contributed by atoms with Crippen LogP contribution in [0.25, 0.3) is 0 Å². The molecule has 2 rings (SSSR count). The number of hydrogen-bond donors (Lipinski definition) is 1. The van der Waals surface area contributed by atoms with E-state index in [4.69, 9.17) is 4.74 Å². The highest BCUT2D eigenvalue weighted by Crippen LogP contribution is 2.18. The summed E-state index contributed by atoms with van der Waals surface area (Å²) in [7, 11) is 4.00. The Balaban J connectivity index is 0.00000288. The lowest BCUT2D eigenvalue weighted by Gasteiger charge is -2.26. The van der Waals surface area contributed by atoms with Crippen LogP contribution in [0.1, 0.15) is 31.2 Å². The molecule has 1 saturated heterocycles. The number of aryl methyl sites for hydroxylation is 1. The molecule has 1 N–H and O–H groups in total. The summed E-state index contributed by atoms with van der Waals surface area (Å²) >= 11 is 0. The smallest absolute Gasteiger partial charge is 0.193 e. The third-order valence-corrected chi connectivity index (χ3v) is 4.56. The van der Waals surface area contributed by atoms with Gasteiger partial charge in [-0.15, -0.1) is 24.0 Å². The fraction of sp³-hybridized carbons (Fsp3) is 0.632. The third kappa shape index (κ3) is 7.83. The lowest BCUT2D eigenvalue weighted by Crippen LogP contribution is -2.40. The van der Waals surface area contributed by atoms with Crippen molar-refractivity contribution >= 4 is 29.9 Å². The van der Waals surface area contributed by atoms with Gasteiger partial charge in [0.05, 0.1) is 0 Å². The number of halogens is 1.